The van der Waals surface area contributed by atoms with E-state index in [0.29, 0.717) is 12.4 Å². The van der Waals surface area contributed by atoms with Gasteiger partial charge in [-0.05, 0) is 30.9 Å². The molecule has 0 N–H and O–H groups in total. The quantitative estimate of drug-likeness (QED) is 0.812. The van der Waals surface area contributed by atoms with Gasteiger partial charge in [-0.2, -0.15) is 0 Å². The molecule has 132 valence electrons. The molecule has 5 nitrogen and oxygen atoms in total. The van der Waals surface area contributed by atoms with Crippen molar-refractivity contribution in [2.24, 2.45) is 0 Å². The van der Waals surface area contributed by atoms with E-state index < -0.39 is 0 Å². The topological polar surface area (TPSA) is 49.3 Å². The molecule has 0 radical (unpaired) electrons. The smallest absolute Gasteiger partial charge is 0.232 e. The Labute approximate surface area is 149 Å². The van der Waals surface area contributed by atoms with Crippen LogP contribution >= 0.6 is 0 Å². The van der Waals surface area contributed by atoms with Gasteiger partial charge in [0.05, 0.1) is 0 Å². The molecule has 5 heteroatoms. The summed E-state index contributed by atoms with van der Waals surface area (Å²) in [6.07, 6.45) is 6.90. The lowest BCUT2D eigenvalue weighted by atomic mass is 10.0. The molecule has 0 bridgehead atoms. The highest BCUT2D eigenvalue weighted by molar-refractivity contribution is 5.91. The van der Waals surface area contributed by atoms with Crippen molar-refractivity contribution in [3.05, 3.63) is 54.4 Å². The fourth-order valence-corrected chi connectivity index (χ4v) is 3.40. The van der Waals surface area contributed by atoms with Crippen molar-refractivity contribution in [3.63, 3.8) is 0 Å². The zero-order chi connectivity index (χ0) is 17.5. The summed E-state index contributed by atoms with van der Waals surface area (Å²) >= 11 is 0. The molecule has 2 aromatic rings. The van der Waals surface area contributed by atoms with Crippen molar-refractivity contribution in [2.45, 2.75) is 38.6 Å². The van der Waals surface area contributed by atoms with Gasteiger partial charge in [0.2, 0.25) is 11.9 Å². The predicted molar refractivity (Wildman–Crippen MR) is 99.4 cm³/mol. The molecule has 1 amide bonds. The van der Waals surface area contributed by atoms with Gasteiger partial charge < -0.3 is 4.90 Å². The van der Waals surface area contributed by atoms with Crippen LogP contribution in [-0.2, 0) is 11.2 Å². The molecule has 0 saturated carbocycles. The fraction of sp³-hybridized carbons (Fsp3) is 0.450. The summed E-state index contributed by atoms with van der Waals surface area (Å²) in [5.74, 6) is 0.644. The molecule has 1 aromatic heterocycles. The average molecular weight is 338 g/mol. The summed E-state index contributed by atoms with van der Waals surface area (Å²) in [4.78, 5) is 25.3. The Morgan fingerprint density at radius 2 is 1.80 bits per heavy atom. The number of rotatable bonds is 6. The lowest BCUT2D eigenvalue weighted by Gasteiger charge is -2.37. The number of piperidine rings is 1. The zero-order valence-corrected chi connectivity index (χ0v) is 14.8. The van der Waals surface area contributed by atoms with Crippen molar-refractivity contribution in [1.29, 1.82) is 0 Å². The second-order valence-electron chi connectivity index (χ2n) is 6.47. The van der Waals surface area contributed by atoms with E-state index in [1.165, 1.54) is 5.56 Å². The lowest BCUT2D eigenvalue weighted by Crippen LogP contribution is -2.48. The Hall–Kier alpha value is -2.27. The molecule has 1 aromatic carbocycles. The van der Waals surface area contributed by atoms with E-state index in [1.807, 2.05) is 11.8 Å². The monoisotopic (exact) mass is 338 g/mol. The number of aromatic nitrogens is 2. The molecular weight excluding hydrogens is 312 g/mol. The van der Waals surface area contributed by atoms with Crippen LogP contribution in [0, 0.1) is 0 Å². The van der Waals surface area contributed by atoms with Crippen LogP contribution in [0.1, 0.15) is 31.7 Å². The summed E-state index contributed by atoms with van der Waals surface area (Å²) in [5.41, 5.74) is 1.38. The molecule has 2 heterocycles. The largest absolute Gasteiger partial charge is 0.303 e. The van der Waals surface area contributed by atoms with E-state index in [4.69, 9.17) is 0 Å². The van der Waals surface area contributed by atoms with Crippen LogP contribution in [0.15, 0.2) is 48.8 Å². The van der Waals surface area contributed by atoms with Gasteiger partial charge in [0.25, 0.3) is 0 Å². The van der Waals surface area contributed by atoms with Gasteiger partial charge in [0, 0.05) is 44.5 Å². The average Bonchev–Trinajstić information content (AvgIpc) is 2.69. The Kier molecular flexibility index (Phi) is 6.12. The molecular formula is C20H26N4O. The summed E-state index contributed by atoms with van der Waals surface area (Å²) in [7, 11) is 0. The standard InChI is InChI=1S/C20H26N4O/c1-2-19(25)24(20-21-12-6-13-22-20)18-10-15-23(16-11-18)14-9-17-7-4-3-5-8-17/h3-8,12-13,18H,2,9-11,14-16H2,1H3. The first-order valence-electron chi connectivity index (χ1n) is 9.13. The van der Waals surface area contributed by atoms with Gasteiger partial charge >= 0.3 is 0 Å². The molecule has 0 unspecified atom stereocenters. The second kappa shape index (κ2) is 8.72. The Bertz CT molecular complexity index is 654. The van der Waals surface area contributed by atoms with Crippen molar-refractivity contribution in [3.8, 4) is 0 Å². The van der Waals surface area contributed by atoms with Crippen LogP contribution in [0.4, 0.5) is 5.95 Å². The normalized spacial score (nSPS) is 15.9. The first-order chi connectivity index (χ1) is 12.3. The van der Waals surface area contributed by atoms with E-state index in [-0.39, 0.29) is 11.9 Å². The number of nitrogens with zero attached hydrogens (tertiary/aromatic N) is 4. The first kappa shape index (κ1) is 17.5. The second-order valence-corrected chi connectivity index (χ2v) is 6.47. The van der Waals surface area contributed by atoms with Crippen LogP contribution in [0.2, 0.25) is 0 Å². The van der Waals surface area contributed by atoms with Crippen LogP contribution < -0.4 is 4.90 Å². The Morgan fingerprint density at radius 1 is 1.12 bits per heavy atom. The van der Waals surface area contributed by atoms with Crippen molar-refractivity contribution in [2.75, 3.05) is 24.5 Å². The summed E-state index contributed by atoms with van der Waals surface area (Å²) in [5, 5.41) is 0. The summed E-state index contributed by atoms with van der Waals surface area (Å²) in [6, 6.07) is 12.6. The van der Waals surface area contributed by atoms with E-state index >= 15 is 0 Å². The van der Waals surface area contributed by atoms with Gasteiger partial charge in [-0.15, -0.1) is 0 Å². The minimum absolute atomic E-state index is 0.105. The molecule has 25 heavy (non-hydrogen) atoms. The highest BCUT2D eigenvalue weighted by atomic mass is 16.2. The molecule has 1 aliphatic heterocycles. The number of carbonyl (C=O) groups excluding carboxylic acids is 1. The maximum Gasteiger partial charge on any atom is 0.232 e. The molecule has 0 aliphatic carbocycles. The highest BCUT2D eigenvalue weighted by Gasteiger charge is 2.29. The van der Waals surface area contributed by atoms with Crippen molar-refractivity contribution >= 4 is 11.9 Å². The van der Waals surface area contributed by atoms with Crippen LogP contribution in [0.5, 0.6) is 0 Å². The van der Waals surface area contributed by atoms with Crippen molar-refractivity contribution < 1.29 is 4.79 Å². The van der Waals surface area contributed by atoms with Crippen molar-refractivity contribution in [1.82, 2.24) is 14.9 Å². The molecule has 1 aliphatic rings. The number of carbonyl (C=O) groups is 1. The number of anilines is 1. The third kappa shape index (κ3) is 4.63. The Morgan fingerprint density at radius 3 is 2.44 bits per heavy atom. The first-order valence-corrected chi connectivity index (χ1v) is 9.13. The molecule has 0 spiro atoms. The number of benzene rings is 1. The predicted octanol–water partition coefficient (Wildman–Crippen LogP) is 2.93. The molecule has 1 fully saturated rings. The van der Waals surface area contributed by atoms with Crippen LogP contribution in [0.25, 0.3) is 0 Å². The van der Waals surface area contributed by atoms with E-state index in [9.17, 15) is 4.79 Å². The number of likely N-dealkylation sites (tertiary alicyclic amines) is 1. The van der Waals surface area contributed by atoms with E-state index in [2.05, 4.69) is 45.2 Å². The maximum atomic E-state index is 12.4. The Balaban J connectivity index is 1.57. The minimum atomic E-state index is 0.105. The minimum Gasteiger partial charge on any atom is -0.303 e. The SMILES string of the molecule is CCC(=O)N(c1ncccn1)C1CCN(CCc2ccccc2)CC1. The molecule has 1 saturated heterocycles. The number of hydrogen-bond donors (Lipinski definition) is 0. The highest BCUT2D eigenvalue weighted by Crippen LogP contribution is 2.21. The number of amides is 1. The fourth-order valence-electron chi connectivity index (χ4n) is 3.40. The van der Waals surface area contributed by atoms with Gasteiger partial charge in [0.1, 0.15) is 0 Å². The van der Waals surface area contributed by atoms with Gasteiger partial charge in [-0.1, -0.05) is 37.3 Å². The van der Waals surface area contributed by atoms with Gasteiger partial charge in [-0.3, -0.25) is 9.69 Å². The molecule has 0 atom stereocenters. The third-order valence-electron chi connectivity index (χ3n) is 4.82. The zero-order valence-electron chi connectivity index (χ0n) is 14.8. The van der Waals surface area contributed by atoms with Gasteiger partial charge in [-0.25, -0.2) is 9.97 Å². The maximum absolute atomic E-state index is 12.4. The van der Waals surface area contributed by atoms with Gasteiger partial charge in [0.15, 0.2) is 0 Å². The third-order valence-corrected chi connectivity index (χ3v) is 4.82. The van der Waals surface area contributed by atoms with Crippen LogP contribution in [0.3, 0.4) is 0 Å². The van der Waals surface area contributed by atoms with E-state index in [1.54, 1.807) is 18.5 Å². The lowest BCUT2D eigenvalue weighted by molar-refractivity contribution is -0.119. The number of hydrogen-bond acceptors (Lipinski definition) is 4. The molecule has 3 rings (SSSR count). The van der Waals surface area contributed by atoms with Crippen LogP contribution in [-0.4, -0.2) is 46.5 Å². The summed E-state index contributed by atoms with van der Waals surface area (Å²) < 4.78 is 0. The summed E-state index contributed by atoms with van der Waals surface area (Å²) in [6.45, 7) is 4.99. The van der Waals surface area contributed by atoms with E-state index in [0.717, 1.165) is 38.9 Å².